The molecule has 7 nitrogen and oxygen atoms in total. The highest BCUT2D eigenvalue weighted by Crippen LogP contribution is 2.34. The summed E-state index contributed by atoms with van der Waals surface area (Å²) in [5.41, 5.74) is 0.118. The molecule has 0 spiro atoms. The minimum Gasteiger partial charge on any atom is -0.478 e. The molecule has 2 aliphatic heterocycles. The molecular weight excluding hydrogens is 312 g/mol. The molecule has 0 saturated heterocycles. The Hall–Kier alpha value is -2.57. The second-order valence-electron chi connectivity index (χ2n) is 6.76. The van der Waals surface area contributed by atoms with Crippen LogP contribution in [0.2, 0.25) is 0 Å². The van der Waals surface area contributed by atoms with Crippen molar-refractivity contribution in [2.24, 2.45) is 10.4 Å². The predicted molar refractivity (Wildman–Crippen MR) is 87.4 cm³/mol. The van der Waals surface area contributed by atoms with Crippen LogP contribution in [0.25, 0.3) is 0 Å². The van der Waals surface area contributed by atoms with Gasteiger partial charge < -0.3 is 19.5 Å². The van der Waals surface area contributed by atoms with E-state index in [1.165, 1.54) is 0 Å². The number of ether oxygens (including phenoxy) is 3. The van der Waals surface area contributed by atoms with Gasteiger partial charge in [-0.25, -0.2) is 4.99 Å². The predicted octanol–water partition coefficient (Wildman–Crippen LogP) is 2.16. The van der Waals surface area contributed by atoms with Crippen molar-refractivity contribution in [3.8, 4) is 11.5 Å². The third-order valence-corrected chi connectivity index (χ3v) is 3.72. The number of hydrogen-bond donors (Lipinski definition) is 1. The average molecular weight is 332 g/mol. The molecule has 3 rings (SSSR count). The number of amides is 1. The van der Waals surface area contributed by atoms with Crippen LogP contribution in [0, 0.1) is 5.41 Å². The number of nitrogens with one attached hydrogen (secondary N) is 1. The summed E-state index contributed by atoms with van der Waals surface area (Å²) < 4.78 is 15.9. The van der Waals surface area contributed by atoms with E-state index >= 15 is 0 Å². The van der Waals surface area contributed by atoms with E-state index in [-0.39, 0.29) is 37.4 Å². The fraction of sp³-hybridized carbons (Fsp3) is 0.471. The number of hydrogen-bond acceptors (Lipinski definition) is 6. The van der Waals surface area contributed by atoms with Gasteiger partial charge in [-0.15, -0.1) is 0 Å². The molecule has 1 aromatic rings. The van der Waals surface area contributed by atoms with Crippen LogP contribution in [-0.4, -0.2) is 37.0 Å². The third-order valence-electron chi connectivity index (χ3n) is 3.72. The van der Waals surface area contributed by atoms with Crippen molar-refractivity contribution in [3.63, 3.8) is 0 Å². The van der Waals surface area contributed by atoms with Crippen molar-refractivity contribution in [1.29, 1.82) is 0 Å². The normalized spacial score (nSPS) is 18.8. The minimum atomic E-state index is -0.529. The number of fused-ring (bicyclic) bond motifs is 1. The van der Waals surface area contributed by atoms with Gasteiger partial charge in [0.05, 0.1) is 0 Å². The number of rotatable bonds is 4. The van der Waals surface area contributed by atoms with E-state index < -0.39 is 11.5 Å². The first kappa shape index (κ1) is 16.3. The van der Waals surface area contributed by atoms with Gasteiger partial charge in [0.15, 0.2) is 23.2 Å². The zero-order valence-corrected chi connectivity index (χ0v) is 13.9. The van der Waals surface area contributed by atoms with Crippen LogP contribution in [0.4, 0.5) is 5.69 Å². The molecule has 1 atom stereocenters. The number of carbonyl (C=O) groups excluding carboxylic acids is 2. The minimum absolute atomic E-state index is 0.00804. The molecule has 2 heterocycles. The Labute approximate surface area is 140 Å². The molecule has 1 unspecified atom stereocenters. The Morgan fingerprint density at radius 1 is 1.21 bits per heavy atom. The van der Waals surface area contributed by atoms with Gasteiger partial charge in [-0.3, -0.25) is 9.59 Å². The molecule has 1 aromatic carbocycles. The van der Waals surface area contributed by atoms with Crippen LogP contribution in [0.3, 0.4) is 0 Å². The highest BCUT2D eigenvalue weighted by Gasteiger charge is 2.34. The molecule has 128 valence electrons. The van der Waals surface area contributed by atoms with E-state index in [0.717, 1.165) is 0 Å². The number of aliphatic imine (C=N–C) groups is 1. The quantitative estimate of drug-likeness (QED) is 0.913. The zero-order chi connectivity index (χ0) is 17.3. The maximum absolute atomic E-state index is 12.2. The number of ketones is 1. The number of nitrogens with zero attached hydrogens (tertiary/aromatic N) is 1. The van der Waals surface area contributed by atoms with Crippen molar-refractivity contribution < 1.29 is 23.8 Å². The second kappa shape index (κ2) is 6.14. The fourth-order valence-electron chi connectivity index (χ4n) is 2.47. The smallest absolute Gasteiger partial charge is 0.233 e. The van der Waals surface area contributed by atoms with Gasteiger partial charge in [0.2, 0.25) is 12.7 Å². The molecule has 24 heavy (non-hydrogen) atoms. The lowest BCUT2D eigenvalue weighted by molar-refractivity contribution is -0.127. The van der Waals surface area contributed by atoms with Gasteiger partial charge in [-0.2, -0.15) is 0 Å². The van der Waals surface area contributed by atoms with Gasteiger partial charge in [0.1, 0.15) is 19.1 Å². The summed E-state index contributed by atoms with van der Waals surface area (Å²) >= 11 is 0. The van der Waals surface area contributed by atoms with E-state index in [0.29, 0.717) is 17.2 Å². The topological polar surface area (TPSA) is 86.2 Å². The van der Waals surface area contributed by atoms with E-state index in [2.05, 4.69) is 10.3 Å². The fourth-order valence-corrected chi connectivity index (χ4v) is 2.47. The zero-order valence-electron chi connectivity index (χ0n) is 13.9. The molecule has 0 fully saturated rings. The van der Waals surface area contributed by atoms with Crippen molar-refractivity contribution in [2.45, 2.75) is 33.2 Å². The summed E-state index contributed by atoms with van der Waals surface area (Å²) in [5, 5.41) is 2.75. The summed E-state index contributed by atoms with van der Waals surface area (Å²) in [7, 11) is 0. The molecule has 0 bridgehead atoms. The molecule has 7 heteroatoms. The van der Waals surface area contributed by atoms with Crippen molar-refractivity contribution in [1.82, 2.24) is 0 Å². The van der Waals surface area contributed by atoms with E-state index in [9.17, 15) is 9.59 Å². The van der Waals surface area contributed by atoms with Crippen LogP contribution < -0.4 is 14.8 Å². The molecule has 2 aliphatic rings. The molecule has 0 saturated carbocycles. The first-order chi connectivity index (χ1) is 11.3. The molecule has 0 aromatic heterocycles. The van der Waals surface area contributed by atoms with Crippen LogP contribution >= 0.6 is 0 Å². The summed E-state index contributed by atoms with van der Waals surface area (Å²) in [6.45, 7) is 5.91. The van der Waals surface area contributed by atoms with Crippen LogP contribution in [0.1, 0.15) is 27.2 Å². The Morgan fingerprint density at radius 3 is 2.71 bits per heavy atom. The van der Waals surface area contributed by atoms with E-state index in [1.54, 1.807) is 18.2 Å². The highest BCUT2D eigenvalue weighted by molar-refractivity contribution is 6.05. The maximum Gasteiger partial charge on any atom is 0.233 e. The summed E-state index contributed by atoms with van der Waals surface area (Å²) in [6, 6.07) is 4.64. The first-order valence-electron chi connectivity index (χ1n) is 7.76. The number of benzene rings is 1. The van der Waals surface area contributed by atoms with Gasteiger partial charge in [0.25, 0.3) is 0 Å². The van der Waals surface area contributed by atoms with Crippen molar-refractivity contribution in [3.05, 3.63) is 18.2 Å². The lowest BCUT2D eigenvalue weighted by atomic mass is 9.87. The van der Waals surface area contributed by atoms with E-state index in [4.69, 9.17) is 14.2 Å². The summed E-state index contributed by atoms with van der Waals surface area (Å²) in [5.74, 6) is 1.28. The van der Waals surface area contributed by atoms with Crippen LogP contribution in [0.5, 0.6) is 11.5 Å². The largest absolute Gasteiger partial charge is 0.478 e. The standard InChI is InChI=1S/C17H20N2O5/c1-17(2,3)16(21)11-8-22-15(19-11)7-14(20)18-10-4-5-12-13(6-10)24-9-23-12/h4-6,11H,7-9H2,1-3H3,(H,18,20). The molecule has 1 amide bonds. The molecule has 0 aliphatic carbocycles. The van der Waals surface area contributed by atoms with Gasteiger partial charge in [-0.1, -0.05) is 20.8 Å². The Balaban J connectivity index is 1.58. The van der Waals surface area contributed by atoms with Gasteiger partial charge >= 0.3 is 0 Å². The van der Waals surface area contributed by atoms with Crippen LogP contribution in [0.15, 0.2) is 23.2 Å². The monoisotopic (exact) mass is 332 g/mol. The number of carbonyl (C=O) groups is 2. The Morgan fingerprint density at radius 2 is 1.96 bits per heavy atom. The average Bonchev–Trinajstić information content (AvgIpc) is 3.13. The van der Waals surface area contributed by atoms with Gasteiger partial charge in [0, 0.05) is 17.2 Å². The summed E-state index contributed by atoms with van der Waals surface area (Å²) in [6.07, 6.45) is -0.0115. The molecule has 0 radical (unpaired) electrons. The lowest BCUT2D eigenvalue weighted by Gasteiger charge is -2.18. The SMILES string of the molecule is CC(C)(C)C(=O)C1COC(CC(=O)Nc2ccc3c(c2)OCO3)=N1. The molecule has 1 N–H and O–H groups in total. The first-order valence-corrected chi connectivity index (χ1v) is 7.76. The highest BCUT2D eigenvalue weighted by atomic mass is 16.7. The lowest BCUT2D eigenvalue weighted by Crippen LogP contribution is -2.32. The Bertz CT molecular complexity index is 705. The van der Waals surface area contributed by atoms with Crippen molar-refractivity contribution in [2.75, 3.05) is 18.7 Å². The second-order valence-corrected chi connectivity index (χ2v) is 6.76. The Kier molecular flexibility index (Phi) is 4.17. The van der Waals surface area contributed by atoms with Crippen LogP contribution in [-0.2, 0) is 14.3 Å². The maximum atomic E-state index is 12.2. The van der Waals surface area contributed by atoms with Crippen molar-refractivity contribution >= 4 is 23.3 Å². The molecular formula is C17H20N2O5. The van der Waals surface area contributed by atoms with E-state index in [1.807, 2.05) is 20.8 Å². The summed E-state index contributed by atoms with van der Waals surface area (Å²) in [4.78, 5) is 28.5. The number of anilines is 1. The third kappa shape index (κ3) is 3.50. The number of Topliss-reactive ketones (excluding diaryl/α,β-unsaturated/α-hetero) is 1. The van der Waals surface area contributed by atoms with Gasteiger partial charge in [-0.05, 0) is 12.1 Å².